The van der Waals surface area contributed by atoms with Crippen molar-refractivity contribution in [2.24, 2.45) is 0 Å². The molecule has 0 saturated carbocycles. The zero-order valence-corrected chi connectivity index (χ0v) is 14.5. The van der Waals surface area contributed by atoms with Gasteiger partial charge < -0.3 is 9.73 Å². The second kappa shape index (κ2) is 6.25. The third-order valence-electron chi connectivity index (χ3n) is 4.63. The standard InChI is InChI=1S/C18H24ClNO/c1-7-20-18(15-8-9-16(19)21-15)17-13(5)11(3)10(2)12(4)14(17)6/h8-9,18,20H,7H2,1-6H3. The molecule has 2 nitrogen and oxygen atoms in total. The Bertz CT molecular complexity index is 628. The molecule has 3 heteroatoms. The highest BCUT2D eigenvalue weighted by molar-refractivity contribution is 6.28. The van der Waals surface area contributed by atoms with E-state index in [9.17, 15) is 0 Å². The van der Waals surface area contributed by atoms with Crippen molar-refractivity contribution in [3.63, 3.8) is 0 Å². The minimum absolute atomic E-state index is 0.0421. The molecule has 0 spiro atoms. The van der Waals surface area contributed by atoms with Crippen molar-refractivity contribution in [2.45, 2.75) is 47.6 Å². The number of halogens is 1. The van der Waals surface area contributed by atoms with Crippen LogP contribution >= 0.6 is 11.6 Å². The van der Waals surface area contributed by atoms with Crippen LogP contribution in [0.1, 0.15) is 52.1 Å². The molecule has 0 saturated heterocycles. The predicted molar refractivity (Wildman–Crippen MR) is 89.4 cm³/mol. The lowest BCUT2D eigenvalue weighted by atomic mass is 9.85. The number of hydrogen-bond donors (Lipinski definition) is 1. The highest BCUT2D eigenvalue weighted by atomic mass is 35.5. The van der Waals surface area contributed by atoms with E-state index in [1.807, 2.05) is 6.07 Å². The van der Waals surface area contributed by atoms with E-state index in [1.54, 1.807) is 6.07 Å². The molecule has 0 amide bonds. The molecule has 0 aliphatic rings. The molecular formula is C18H24ClNO. The van der Waals surface area contributed by atoms with E-state index in [4.69, 9.17) is 16.0 Å². The SMILES string of the molecule is CCNC(c1ccc(Cl)o1)c1c(C)c(C)c(C)c(C)c1C. The first-order valence-electron chi connectivity index (χ1n) is 7.43. The predicted octanol–water partition coefficient (Wildman–Crippen LogP) is 5.17. The van der Waals surface area contributed by atoms with E-state index in [-0.39, 0.29) is 6.04 Å². The summed E-state index contributed by atoms with van der Waals surface area (Å²) in [6.07, 6.45) is 0. The van der Waals surface area contributed by atoms with E-state index < -0.39 is 0 Å². The summed E-state index contributed by atoms with van der Waals surface area (Å²) >= 11 is 5.97. The van der Waals surface area contributed by atoms with E-state index >= 15 is 0 Å². The maximum Gasteiger partial charge on any atom is 0.193 e. The first-order chi connectivity index (χ1) is 9.88. The number of furan rings is 1. The van der Waals surface area contributed by atoms with Crippen LogP contribution in [0.3, 0.4) is 0 Å². The second-order valence-electron chi connectivity index (χ2n) is 5.67. The van der Waals surface area contributed by atoms with Crippen LogP contribution in [0, 0.1) is 34.6 Å². The molecule has 0 radical (unpaired) electrons. The third kappa shape index (κ3) is 2.88. The summed E-state index contributed by atoms with van der Waals surface area (Å²) in [5.74, 6) is 0.871. The fourth-order valence-electron chi connectivity index (χ4n) is 2.99. The van der Waals surface area contributed by atoms with Crippen LogP contribution in [-0.4, -0.2) is 6.54 Å². The van der Waals surface area contributed by atoms with Crippen molar-refractivity contribution in [3.05, 3.63) is 56.5 Å². The normalized spacial score (nSPS) is 12.7. The van der Waals surface area contributed by atoms with Crippen LogP contribution in [0.4, 0.5) is 0 Å². The Morgan fingerprint density at radius 3 is 1.90 bits per heavy atom. The van der Waals surface area contributed by atoms with Gasteiger partial charge in [-0.2, -0.15) is 0 Å². The summed E-state index contributed by atoms with van der Waals surface area (Å²) in [4.78, 5) is 0. The second-order valence-corrected chi connectivity index (χ2v) is 6.04. The first kappa shape index (κ1) is 16.1. The Morgan fingerprint density at radius 1 is 0.952 bits per heavy atom. The fourth-order valence-corrected chi connectivity index (χ4v) is 3.15. The molecule has 2 rings (SSSR count). The smallest absolute Gasteiger partial charge is 0.193 e. The van der Waals surface area contributed by atoms with Crippen molar-refractivity contribution in [1.82, 2.24) is 5.32 Å². The van der Waals surface area contributed by atoms with E-state index in [2.05, 4.69) is 46.9 Å². The molecule has 2 aromatic rings. The molecule has 114 valence electrons. The van der Waals surface area contributed by atoms with Gasteiger partial charge in [0.2, 0.25) is 0 Å². The average molecular weight is 306 g/mol. The first-order valence-corrected chi connectivity index (χ1v) is 7.81. The van der Waals surface area contributed by atoms with E-state index in [1.165, 1.54) is 33.4 Å². The molecule has 0 aliphatic carbocycles. The lowest BCUT2D eigenvalue weighted by Gasteiger charge is -2.25. The monoisotopic (exact) mass is 305 g/mol. The molecule has 1 unspecified atom stereocenters. The molecule has 1 N–H and O–H groups in total. The van der Waals surface area contributed by atoms with Gasteiger partial charge in [-0.1, -0.05) is 6.92 Å². The van der Waals surface area contributed by atoms with Gasteiger partial charge in [0.25, 0.3) is 0 Å². The quantitative estimate of drug-likeness (QED) is 0.842. The van der Waals surface area contributed by atoms with Crippen molar-refractivity contribution >= 4 is 11.6 Å². The minimum Gasteiger partial charge on any atom is -0.448 e. The summed E-state index contributed by atoms with van der Waals surface area (Å²) in [6.45, 7) is 13.9. The Kier molecular flexibility index (Phi) is 4.80. The van der Waals surface area contributed by atoms with Gasteiger partial charge in [-0.05, 0) is 98.3 Å². The van der Waals surface area contributed by atoms with Crippen LogP contribution in [-0.2, 0) is 0 Å². The average Bonchev–Trinajstić information content (AvgIpc) is 2.88. The molecule has 1 aromatic carbocycles. The number of benzene rings is 1. The van der Waals surface area contributed by atoms with E-state index in [0.29, 0.717) is 5.22 Å². The maximum atomic E-state index is 5.97. The summed E-state index contributed by atoms with van der Waals surface area (Å²) < 4.78 is 5.68. The summed E-state index contributed by atoms with van der Waals surface area (Å²) in [6, 6.07) is 3.80. The van der Waals surface area contributed by atoms with E-state index in [0.717, 1.165) is 12.3 Å². The molecule has 0 aliphatic heterocycles. The van der Waals surface area contributed by atoms with Gasteiger partial charge in [0.05, 0.1) is 6.04 Å². The third-order valence-corrected chi connectivity index (χ3v) is 4.84. The van der Waals surface area contributed by atoms with Gasteiger partial charge in [0.1, 0.15) is 5.76 Å². The zero-order valence-electron chi connectivity index (χ0n) is 13.7. The lowest BCUT2D eigenvalue weighted by molar-refractivity contribution is 0.451. The highest BCUT2D eigenvalue weighted by Gasteiger charge is 2.23. The Balaban J connectivity index is 2.66. The number of rotatable bonds is 4. The van der Waals surface area contributed by atoms with Crippen LogP contribution < -0.4 is 5.32 Å². The molecule has 21 heavy (non-hydrogen) atoms. The summed E-state index contributed by atoms with van der Waals surface area (Å²) in [5.41, 5.74) is 8.05. The van der Waals surface area contributed by atoms with Crippen LogP contribution in [0.5, 0.6) is 0 Å². The van der Waals surface area contributed by atoms with Crippen molar-refractivity contribution in [1.29, 1.82) is 0 Å². The largest absolute Gasteiger partial charge is 0.448 e. The lowest BCUT2D eigenvalue weighted by Crippen LogP contribution is -2.24. The van der Waals surface area contributed by atoms with Gasteiger partial charge in [0.15, 0.2) is 5.22 Å². The highest BCUT2D eigenvalue weighted by Crippen LogP contribution is 2.34. The Hall–Kier alpha value is -1.25. The van der Waals surface area contributed by atoms with Gasteiger partial charge in [-0.15, -0.1) is 0 Å². The van der Waals surface area contributed by atoms with Gasteiger partial charge in [0, 0.05) is 0 Å². The van der Waals surface area contributed by atoms with Gasteiger partial charge in [-0.3, -0.25) is 0 Å². The summed E-state index contributed by atoms with van der Waals surface area (Å²) in [5, 5.41) is 3.97. The van der Waals surface area contributed by atoms with Crippen molar-refractivity contribution < 1.29 is 4.42 Å². The Labute approximate surface area is 132 Å². The molecule has 1 aromatic heterocycles. The van der Waals surface area contributed by atoms with Crippen LogP contribution in [0.25, 0.3) is 0 Å². The van der Waals surface area contributed by atoms with Crippen LogP contribution in [0.15, 0.2) is 16.5 Å². The molecule has 1 atom stereocenters. The number of nitrogens with one attached hydrogen (secondary N) is 1. The maximum absolute atomic E-state index is 5.97. The molecular weight excluding hydrogens is 282 g/mol. The fraction of sp³-hybridized carbons (Fsp3) is 0.444. The molecule has 0 bridgehead atoms. The van der Waals surface area contributed by atoms with Crippen molar-refractivity contribution in [2.75, 3.05) is 6.54 Å². The Morgan fingerprint density at radius 2 is 1.48 bits per heavy atom. The number of hydrogen-bond acceptors (Lipinski definition) is 2. The molecule has 1 heterocycles. The summed E-state index contributed by atoms with van der Waals surface area (Å²) in [7, 11) is 0. The van der Waals surface area contributed by atoms with Gasteiger partial charge >= 0.3 is 0 Å². The van der Waals surface area contributed by atoms with Crippen molar-refractivity contribution in [3.8, 4) is 0 Å². The zero-order chi connectivity index (χ0) is 15.7. The minimum atomic E-state index is 0.0421. The van der Waals surface area contributed by atoms with Gasteiger partial charge in [-0.25, -0.2) is 0 Å². The molecule has 0 fully saturated rings. The topological polar surface area (TPSA) is 25.2 Å². The van der Waals surface area contributed by atoms with Crippen LogP contribution in [0.2, 0.25) is 5.22 Å².